The van der Waals surface area contributed by atoms with Crippen molar-refractivity contribution in [1.29, 1.82) is 0 Å². The largest absolute Gasteiger partial charge is 0.465 e. The molecule has 1 fully saturated rings. The second kappa shape index (κ2) is 5.26. The predicted octanol–water partition coefficient (Wildman–Crippen LogP) is 2.95. The molecule has 0 bridgehead atoms. The van der Waals surface area contributed by atoms with E-state index in [2.05, 4.69) is 23.7 Å². The first-order chi connectivity index (χ1) is 8.64. The van der Waals surface area contributed by atoms with E-state index in [-0.39, 0.29) is 5.97 Å². The quantitative estimate of drug-likeness (QED) is 0.787. The van der Waals surface area contributed by atoms with E-state index < -0.39 is 0 Å². The van der Waals surface area contributed by atoms with Crippen LogP contribution in [0.2, 0.25) is 0 Å². The maximum atomic E-state index is 11.4. The van der Waals surface area contributed by atoms with Crippen LogP contribution >= 0.6 is 11.3 Å². The molecule has 1 aliphatic heterocycles. The number of carbonyl (C=O) groups excluding carboxylic acids is 1. The number of ether oxygens (including phenoxy) is 1. The maximum absolute atomic E-state index is 11.4. The smallest absolute Gasteiger partial charge is 0.349 e. The van der Waals surface area contributed by atoms with E-state index in [1.165, 1.54) is 37.7 Å². The predicted molar refractivity (Wildman–Crippen MR) is 73.3 cm³/mol. The fourth-order valence-electron chi connectivity index (χ4n) is 2.53. The lowest BCUT2D eigenvalue weighted by molar-refractivity contribution is 0.0606. The Balaban J connectivity index is 2.10. The minimum atomic E-state index is -0.296. The highest BCUT2D eigenvalue weighted by molar-refractivity contribution is 7.17. The molecular weight excluding hydrogens is 248 g/mol. The summed E-state index contributed by atoms with van der Waals surface area (Å²) in [6, 6.07) is 0. The Morgan fingerprint density at radius 2 is 2.28 bits per heavy atom. The van der Waals surface area contributed by atoms with Crippen molar-refractivity contribution in [3.63, 3.8) is 0 Å². The highest BCUT2D eigenvalue weighted by atomic mass is 32.1. The van der Waals surface area contributed by atoms with Crippen LogP contribution in [0.5, 0.6) is 0 Å². The summed E-state index contributed by atoms with van der Waals surface area (Å²) < 4.78 is 4.71. The second-order valence-corrected chi connectivity index (χ2v) is 5.89. The zero-order chi connectivity index (χ0) is 13.2. The van der Waals surface area contributed by atoms with Crippen molar-refractivity contribution in [2.45, 2.75) is 33.1 Å². The van der Waals surface area contributed by atoms with Gasteiger partial charge in [-0.1, -0.05) is 25.2 Å². The van der Waals surface area contributed by atoms with E-state index in [0.29, 0.717) is 10.3 Å². The molecule has 2 heterocycles. The molecule has 18 heavy (non-hydrogen) atoms. The molecular formula is C13H20N2O2S. The molecule has 0 amide bonds. The van der Waals surface area contributed by atoms with Crippen molar-refractivity contribution in [2.75, 3.05) is 25.1 Å². The number of methoxy groups -OCH3 is 1. The number of esters is 1. The molecule has 4 nitrogen and oxygen atoms in total. The third-order valence-corrected chi connectivity index (χ3v) is 5.13. The fourth-order valence-corrected chi connectivity index (χ4v) is 3.39. The minimum absolute atomic E-state index is 0.296. The van der Waals surface area contributed by atoms with E-state index >= 15 is 0 Å². The van der Waals surface area contributed by atoms with Gasteiger partial charge in [-0.15, -0.1) is 0 Å². The Morgan fingerprint density at radius 1 is 1.56 bits per heavy atom. The number of hydrogen-bond donors (Lipinski definition) is 0. The van der Waals surface area contributed by atoms with Gasteiger partial charge in [-0.25, -0.2) is 9.78 Å². The van der Waals surface area contributed by atoms with Crippen molar-refractivity contribution in [1.82, 2.24) is 4.98 Å². The molecule has 1 aromatic heterocycles. The first-order valence-corrected chi connectivity index (χ1v) is 7.25. The summed E-state index contributed by atoms with van der Waals surface area (Å²) in [5.41, 5.74) is 0.428. The molecule has 5 heteroatoms. The van der Waals surface area contributed by atoms with Crippen LogP contribution in [0.1, 0.15) is 42.8 Å². The van der Waals surface area contributed by atoms with Crippen LogP contribution in [-0.2, 0) is 4.74 Å². The Hall–Kier alpha value is -1.10. The number of carbonyl (C=O) groups is 1. The third-order valence-electron chi connectivity index (χ3n) is 4.09. The van der Waals surface area contributed by atoms with Gasteiger partial charge in [-0.3, -0.25) is 0 Å². The Morgan fingerprint density at radius 3 is 2.83 bits per heavy atom. The van der Waals surface area contributed by atoms with Gasteiger partial charge in [-0.05, 0) is 24.7 Å². The number of anilines is 1. The van der Waals surface area contributed by atoms with Gasteiger partial charge in [0.05, 0.1) is 13.3 Å². The van der Waals surface area contributed by atoms with Gasteiger partial charge in [0.2, 0.25) is 0 Å². The summed E-state index contributed by atoms with van der Waals surface area (Å²) in [7, 11) is 1.40. The highest BCUT2D eigenvalue weighted by Gasteiger charge is 2.36. The van der Waals surface area contributed by atoms with Gasteiger partial charge >= 0.3 is 5.97 Å². The van der Waals surface area contributed by atoms with Crippen LogP contribution in [0.3, 0.4) is 0 Å². The molecule has 0 N–H and O–H groups in total. The van der Waals surface area contributed by atoms with E-state index in [1.807, 2.05) is 0 Å². The number of aromatic nitrogens is 1. The number of hydrogen-bond acceptors (Lipinski definition) is 5. The van der Waals surface area contributed by atoms with Crippen molar-refractivity contribution in [3.05, 3.63) is 11.1 Å². The van der Waals surface area contributed by atoms with E-state index in [0.717, 1.165) is 18.2 Å². The third kappa shape index (κ3) is 2.36. The van der Waals surface area contributed by atoms with Gasteiger partial charge in [0.25, 0.3) is 0 Å². The molecule has 1 aromatic rings. The average Bonchev–Trinajstić information content (AvgIpc) is 3.04. The second-order valence-electron chi connectivity index (χ2n) is 4.88. The van der Waals surface area contributed by atoms with Crippen molar-refractivity contribution in [2.24, 2.45) is 5.41 Å². The number of rotatable bonds is 4. The topological polar surface area (TPSA) is 42.4 Å². The summed E-state index contributed by atoms with van der Waals surface area (Å²) >= 11 is 1.42. The lowest BCUT2D eigenvalue weighted by atomic mass is 9.82. The van der Waals surface area contributed by atoms with Gasteiger partial charge in [0, 0.05) is 13.1 Å². The van der Waals surface area contributed by atoms with Crippen molar-refractivity contribution >= 4 is 22.4 Å². The molecule has 1 saturated heterocycles. The standard InChI is InChI=1S/C13H20N2O2S/c1-4-13(5-2)6-7-15(9-13)12-14-8-10(18-12)11(16)17-3/h8H,4-7,9H2,1-3H3. The highest BCUT2D eigenvalue weighted by Crippen LogP contribution is 2.39. The Bertz CT molecular complexity index is 426. The van der Waals surface area contributed by atoms with Gasteiger partial charge in [-0.2, -0.15) is 0 Å². The van der Waals surface area contributed by atoms with Gasteiger partial charge < -0.3 is 9.64 Å². The fraction of sp³-hybridized carbons (Fsp3) is 0.692. The average molecular weight is 268 g/mol. The molecule has 0 aromatic carbocycles. The van der Waals surface area contributed by atoms with Crippen LogP contribution in [-0.4, -0.2) is 31.2 Å². The lowest BCUT2D eigenvalue weighted by Gasteiger charge is -2.26. The first kappa shape index (κ1) is 13.3. The summed E-state index contributed by atoms with van der Waals surface area (Å²) in [5.74, 6) is -0.296. The Labute approximate surface area is 112 Å². The van der Waals surface area contributed by atoms with E-state index in [9.17, 15) is 4.79 Å². The number of thiazole rings is 1. The zero-order valence-corrected chi connectivity index (χ0v) is 12.0. The minimum Gasteiger partial charge on any atom is -0.465 e. The van der Waals surface area contributed by atoms with Crippen LogP contribution in [0.25, 0.3) is 0 Å². The van der Waals surface area contributed by atoms with Crippen LogP contribution in [0, 0.1) is 5.41 Å². The van der Waals surface area contributed by atoms with Crippen LogP contribution in [0.4, 0.5) is 5.13 Å². The monoisotopic (exact) mass is 268 g/mol. The van der Waals surface area contributed by atoms with Crippen LogP contribution in [0.15, 0.2) is 6.20 Å². The summed E-state index contributed by atoms with van der Waals surface area (Å²) in [6.45, 7) is 6.60. The lowest BCUT2D eigenvalue weighted by Crippen LogP contribution is -2.25. The molecule has 0 radical (unpaired) electrons. The SMILES string of the molecule is CCC1(CC)CCN(c2ncc(C(=O)OC)s2)C1. The molecule has 0 saturated carbocycles. The van der Waals surface area contributed by atoms with Crippen LogP contribution < -0.4 is 4.90 Å². The zero-order valence-electron chi connectivity index (χ0n) is 11.2. The van der Waals surface area contributed by atoms with Crippen molar-refractivity contribution < 1.29 is 9.53 Å². The molecule has 2 rings (SSSR count). The molecule has 1 aliphatic rings. The molecule has 0 aliphatic carbocycles. The summed E-state index contributed by atoms with van der Waals surface area (Å²) in [6.07, 6.45) is 5.24. The maximum Gasteiger partial charge on any atom is 0.349 e. The van der Waals surface area contributed by atoms with E-state index in [1.54, 1.807) is 6.20 Å². The van der Waals surface area contributed by atoms with Gasteiger partial charge in [0.1, 0.15) is 4.88 Å². The summed E-state index contributed by atoms with van der Waals surface area (Å²) in [4.78, 5) is 18.6. The Kier molecular flexibility index (Phi) is 3.90. The molecule has 0 unspecified atom stereocenters. The number of nitrogens with zero attached hydrogens (tertiary/aromatic N) is 2. The first-order valence-electron chi connectivity index (χ1n) is 6.43. The molecule has 0 atom stereocenters. The summed E-state index contributed by atoms with van der Waals surface area (Å²) in [5, 5.41) is 0.944. The van der Waals surface area contributed by atoms with Gasteiger partial charge in [0.15, 0.2) is 5.13 Å². The normalized spacial score (nSPS) is 18.1. The molecule has 0 spiro atoms. The van der Waals surface area contributed by atoms with E-state index in [4.69, 9.17) is 4.74 Å². The molecule has 100 valence electrons. The van der Waals surface area contributed by atoms with Crippen molar-refractivity contribution in [3.8, 4) is 0 Å².